The van der Waals surface area contributed by atoms with Crippen molar-refractivity contribution in [1.29, 1.82) is 0 Å². The third kappa shape index (κ3) is 3.43. The number of hydrogen-bond acceptors (Lipinski definition) is 2. The number of hydrogen-bond donors (Lipinski definition) is 1. The van der Waals surface area contributed by atoms with Gasteiger partial charge in [0.2, 0.25) is 0 Å². The van der Waals surface area contributed by atoms with Crippen LogP contribution in [0.15, 0.2) is 42.5 Å². The molecule has 0 bridgehead atoms. The lowest BCUT2D eigenvalue weighted by molar-refractivity contribution is -0.274. The van der Waals surface area contributed by atoms with Crippen LogP contribution in [0.4, 0.5) is 13.2 Å². The van der Waals surface area contributed by atoms with Gasteiger partial charge in [-0.1, -0.05) is 41.9 Å². The maximum atomic E-state index is 12.4. The maximum absolute atomic E-state index is 12.4. The van der Waals surface area contributed by atoms with Gasteiger partial charge in [-0.2, -0.15) is 0 Å². The lowest BCUT2D eigenvalue weighted by Gasteiger charge is -2.14. The molecule has 0 heterocycles. The number of ether oxygens (including phenoxy) is 1. The molecule has 0 fully saturated rings. The Hall–Kier alpha value is -1.72. The molecule has 0 radical (unpaired) electrons. The first-order valence-corrected chi connectivity index (χ1v) is 6.12. The molecular formula is C14H11ClF3NO. The van der Waals surface area contributed by atoms with Crippen LogP contribution in [-0.2, 0) is 6.54 Å². The van der Waals surface area contributed by atoms with E-state index in [2.05, 4.69) is 4.74 Å². The van der Waals surface area contributed by atoms with Crippen LogP contribution in [0.5, 0.6) is 5.75 Å². The Morgan fingerprint density at radius 1 is 1.10 bits per heavy atom. The van der Waals surface area contributed by atoms with Gasteiger partial charge in [0.05, 0.1) is 0 Å². The first-order chi connectivity index (χ1) is 9.40. The number of halogens is 4. The third-order valence-electron chi connectivity index (χ3n) is 2.70. The normalized spacial score (nSPS) is 11.4. The monoisotopic (exact) mass is 301 g/mol. The van der Waals surface area contributed by atoms with E-state index < -0.39 is 6.36 Å². The highest BCUT2D eigenvalue weighted by atomic mass is 35.5. The highest BCUT2D eigenvalue weighted by molar-refractivity contribution is 6.33. The largest absolute Gasteiger partial charge is 0.573 e. The van der Waals surface area contributed by atoms with Crippen molar-refractivity contribution in [2.24, 2.45) is 5.73 Å². The second-order valence-electron chi connectivity index (χ2n) is 4.05. The lowest BCUT2D eigenvalue weighted by atomic mass is 10.0. The molecule has 0 amide bonds. The van der Waals surface area contributed by atoms with Crippen LogP contribution < -0.4 is 10.5 Å². The minimum Gasteiger partial charge on any atom is -0.405 e. The molecule has 0 saturated heterocycles. The van der Waals surface area contributed by atoms with Crippen molar-refractivity contribution < 1.29 is 17.9 Å². The van der Waals surface area contributed by atoms with Crippen molar-refractivity contribution in [3.05, 3.63) is 53.1 Å². The van der Waals surface area contributed by atoms with Crippen molar-refractivity contribution in [3.63, 3.8) is 0 Å². The van der Waals surface area contributed by atoms with Crippen LogP contribution in [0.25, 0.3) is 11.1 Å². The van der Waals surface area contributed by atoms with Crippen molar-refractivity contribution in [1.82, 2.24) is 0 Å². The van der Waals surface area contributed by atoms with E-state index in [9.17, 15) is 13.2 Å². The van der Waals surface area contributed by atoms with Gasteiger partial charge in [0.15, 0.2) is 0 Å². The van der Waals surface area contributed by atoms with Crippen molar-refractivity contribution >= 4 is 11.6 Å². The number of benzene rings is 2. The Bertz CT molecular complexity index is 614. The standard InChI is InChI=1S/C14H11ClF3NO/c15-12-4-2-1-3-11(12)9-5-6-10(8-19)13(7-9)20-14(16,17)18/h1-7H,8,19H2. The Morgan fingerprint density at radius 2 is 1.80 bits per heavy atom. The zero-order chi connectivity index (χ0) is 14.8. The Balaban J connectivity index is 2.47. The summed E-state index contributed by atoms with van der Waals surface area (Å²) >= 11 is 6.03. The average Bonchev–Trinajstić information content (AvgIpc) is 2.37. The fourth-order valence-electron chi connectivity index (χ4n) is 1.81. The van der Waals surface area contributed by atoms with Gasteiger partial charge in [0.1, 0.15) is 5.75 Å². The first kappa shape index (κ1) is 14.7. The van der Waals surface area contributed by atoms with E-state index in [0.29, 0.717) is 16.1 Å². The fourth-order valence-corrected chi connectivity index (χ4v) is 2.05. The molecule has 2 rings (SSSR count). The summed E-state index contributed by atoms with van der Waals surface area (Å²) in [4.78, 5) is 0. The summed E-state index contributed by atoms with van der Waals surface area (Å²) in [6, 6.07) is 11.3. The molecule has 0 spiro atoms. The van der Waals surface area contributed by atoms with E-state index in [1.807, 2.05) is 0 Å². The summed E-state index contributed by atoms with van der Waals surface area (Å²) in [6.07, 6.45) is -4.76. The molecule has 2 aromatic carbocycles. The topological polar surface area (TPSA) is 35.2 Å². The van der Waals surface area contributed by atoms with E-state index in [1.165, 1.54) is 12.1 Å². The SMILES string of the molecule is NCc1ccc(-c2ccccc2Cl)cc1OC(F)(F)F. The van der Waals surface area contributed by atoms with E-state index in [0.717, 1.165) is 0 Å². The van der Waals surface area contributed by atoms with Crippen LogP contribution in [0.2, 0.25) is 5.02 Å². The third-order valence-corrected chi connectivity index (χ3v) is 3.03. The summed E-state index contributed by atoms with van der Waals surface area (Å²) in [5.41, 5.74) is 6.85. The predicted octanol–water partition coefficient (Wildman–Crippen LogP) is 4.36. The predicted molar refractivity (Wildman–Crippen MR) is 71.5 cm³/mol. The van der Waals surface area contributed by atoms with E-state index >= 15 is 0 Å². The van der Waals surface area contributed by atoms with Gasteiger partial charge in [-0.05, 0) is 17.7 Å². The van der Waals surface area contributed by atoms with Gasteiger partial charge in [0, 0.05) is 22.7 Å². The van der Waals surface area contributed by atoms with Crippen molar-refractivity contribution in [3.8, 4) is 16.9 Å². The Labute approximate surface area is 118 Å². The second kappa shape index (κ2) is 5.73. The number of nitrogens with two attached hydrogens (primary N) is 1. The quantitative estimate of drug-likeness (QED) is 0.914. The van der Waals surface area contributed by atoms with Crippen LogP contribution in [-0.4, -0.2) is 6.36 Å². The number of alkyl halides is 3. The minimum atomic E-state index is -4.76. The summed E-state index contributed by atoms with van der Waals surface area (Å²) in [7, 11) is 0. The van der Waals surface area contributed by atoms with Gasteiger partial charge in [-0.3, -0.25) is 0 Å². The fraction of sp³-hybridized carbons (Fsp3) is 0.143. The molecule has 0 aromatic heterocycles. The zero-order valence-electron chi connectivity index (χ0n) is 10.2. The molecule has 0 aliphatic rings. The van der Waals surface area contributed by atoms with Gasteiger partial charge >= 0.3 is 6.36 Å². The van der Waals surface area contributed by atoms with E-state index in [4.69, 9.17) is 17.3 Å². The van der Waals surface area contributed by atoms with Gasteiger partial charge in [0.25, 0.3) is 0 Å². The lowest BCUT2D eigenvalue weighted by Crippen LogP contribution is -2.18. The molecule has 0 aliphatic carbocycles. The molecule has 2 nitrogen and oxygen atoms in total. The molecule has 2 N–H and O–H groups in total. The molecule has 106 valence electrons. The highest BCUT2D eigenvalue weighted by Crippen LogP contribution is 2.34. The summed E-state index contributed by atoms with van der Waals surface area (Å²) < 4.78 is 41.1. The van der Waals surface area contributed by atoms with E-state index in [1.54, 1.807) is 30.3 Å². The molecular weight excluding hydrogens is 291 g/mol. The highest BCUT2D eigenvalue weighted by Gasteiger charge is 2.32. The van der Waals surface area contributed by atoms with Gasteiger partial charge < -0.3 is 10.5 Å². The van der Waals surface area contributed by atoms with Crippen LogP contribution in [0, 0.1) is 0 Å². The molecule has 0 unspecified atom stereocenters. The van der Waals surface area contributed by atoms with Crippen LogP contribution in [0.1, 0.15) is 5.56 Å². The van der Waals surface area contributed by atoms with Crippen molar-refractivity contribution in [2.45, 2.75) is 12.9 Å². The van der Waals surface area contributed by atoms with Gasteiger partial charge in [-0.25, -0.2) is 0 Å². The second-order valence-corrected chi connectivity index (χ2v) is 4.46. The zero-order valence-corrected chi connectivity index (χ0v) is 11.0. The minimum absolute atomic E-state index is 0.0474. The molecule has 6 heteroatoms. The molecule has 2 aromatic rings. The first-order valence-electron chi connectivity index (χ1n) is 5.74. The Kier molecular flexibility index (Phi) is 4.20. The average molecular weight is 302 g/mol. The molecule has 20 heavy (non-hydrogen) atoms. The molecule has 0 saturated carbocycles. The van der Waals surface area contributed by atoms with Crippen molar-refractivity contribution in [2.75, 3.05) is 0 Å². The summed E-state index contributed by atoms with van der Waals surface area (Å²) in [5.74, 6) is -0.308. The summed E-state index contributed by atoms with van der Waals surface area (Å²) in [6.45, 7) is -0.0474. The maximum Gasteiger partial charge on any atom is 0.573 e. The molecule has 0 atom stereocenters. The van der Waals surface area contributed by atoms with Gasteiger partial charge in [-0.15, -0.1) is 13.2 Å². The van der Waals surface area contributed by atoms with Crippen LogP contribution in [0.3, 0.4) is 0 Å². The van der Waals surface area contributed by atoms with E-state index in [-0.39, 0.29) is 17.9 Å². The molecule has 0 aliphatic heterocycles. The smallest absolute Gasteiger partial charge is 0.405 e. The van der Waals surface area contributed by atoms with Crippen LogP contribution >= 0.6 is 11.6 Å². The summed E-state index contributed by atoms with van der Waals surface area (Å²) in [5, 5.41) is 0.450. The Morgan fingerprint density at radius 3 is 2.40 bits per heavy atom. The number of rotatable bonds is 3.